The molecule has 0 atom stereocenters. The summed E-state index contributed by atoms with van der Waals surface area (Å²) >= 11 is 0.935. The number of benzene rings is 1. The Morgan fingerprint density at radius 2 is 2.00 bits per heavy atom. The highest BCUT2D eigenvalue weighted by Crippen LogP contribution is 2.32. The molecule has 0 unspecified atom stereocenters. The normalized spacial score (nSPS) is 11.6. The number of aryl methyl sites for hydroxylation is 1. The summed E-state index contributed by atoms with van der Waals surface area (Å²) in [5.74, 6) is -0.714. The molecule has 0 fully saturated rings. The molecular formula is C14H10F2N2O3S2. The Balaban J connectivity index is 1.91. The molecule has 120 valence electrons. The number of nitrogens with zero attached hydrogens (tertiary/aromatic N) is 1. The van der Waals surface area contributed by atoms with Crippen molar-refractivity contribution in [3.63, 3.8) is 0 Å². The van der Waals surface area contributed by atoms with Crippen LogP contribution in [0.25, 0.3) is 10.6 Å². The summed E-state index contributed by atoms with van der Waals surface area (Å²) in [5, 5.41) is 0. The first-order valence-corrected chi connectivity index (χ1v) is 8.65. The summed E-state index contributed by atoms with van der Waals surface area (Å²) in [6.07, 6.45) is 1.48. The molecule has 0 spiro atoms. The number of hydrogen-bond acceptors (Lipinski definition) is 5. The molecule has 2 aromatic heterocycles. The lowest BCUT2D eigenvalue weighted by atomic mass is 10.3. The summed E-state index contributed by atoms with van der Waals surface area (Å²) < 4.78 is 58.6. The van der Waals surface area contributed by atoms with E-state index in [9.17, 15) is 17.2 Å². The molecule has 0 aliphatic heterocycles. The predicted octanol–water partition coefficient (Wildman–Crippen LogP) is 3.79. The Hall–Kier alpha value is -2.26. The van der Waals surface area contributed by atoms with Crippen LogP contribution in [0.2, 0.25) is 0 Å². The van der Waals surface area contributed by atoms with Crippen molar-refractivity contribution in [3.05, 3.63) is 54.1 Å². The van der Waals surface area contributed by atoms with Crippen molar-refractivity contribution in [2.24, 2.45) is 0 Å². The first kappa shape index (κ1) is 15.6. The molecular weight excluding hydrogens is 346 g/mol. The van der Waals surface area contributed by atoms with Gasteiger partial charge in [-0.3, -0.25) is 4.72 Å². The van der Waals surface area contributed by atoms with Crippen LogP contribution in [0.15, 0.2) is 45.2 Å². The Labute approximate surface area is 134 Å². The first-order valence-electron chi connectivity index (χ1n) is 6.36. The van der Waals surface area contributed by atoms with Crippen LogP contribution in [-0.4, -0.2) is 13.4 Å². The molecule has 0 bridgehead atoms. The van der Waals surface area contributed by atoms with Crippen LogP contribution in [0.4, 0.5) is 14.5 Å². The van der Waals surface area contributed by atoms with Crippen LogP contribution >= 0.6 is 11.3 Å². The fraction of sp³-hybridized carbons (Fsp3) is 0.0714. The van der Waals surface area contributed by atoms with Gasteiger partial charge in [-0.2, -0.15) is 0 Å². The van der Waals surface area contributed by atoms with Gasteiger partial charge in [-0.15, -0.1) is 11.3 Å². The number of sulfonamides is 1. The van der Waals surface area contributed by atoms with Crippen molar-refractivity contribution in [1.82, 2.24) is 4.98 Å². The van der Waals surface area contributed by atoms with E-state index in [4.69, 9.17) is 4.42 Å². The van der Waals surface area contributed by atoms with Crippen LogP contribution in [0, 0.1) is 18.6 Å². The van der Waals surface area contributed by atoms with E-state index >= 15 is 0 Å². The summed E-state index contributed by atoms with van der Waals surface area (Å²) in [4.78, 5) is 4.50. The highest BCUT2D eigenvalue weighted by molar-refractivity contribution is 7.94. The van der Waals surface area contributed by atoms with Crippen molar-refractivity contribution in [3.8, 4) is 10.6 Å². The number of hydrogen-bond donors (Lipinski definition) is 1. The van der Waals surface area contributed by atoms with Crippen molar-refractivity contribution in [2.75, 3.05) is 4.72 Å². The molecule has 9 heteroatoms. The Kier molecular flexibility index (Phi) is 3.90. The zero-order chi connectivity index (χ0) is 16.6. The fourth-order valence-corrected chi connectivity index (χ4v) is 4.15. The van der Waals surface area contributed by atoms with Crippen molar-refractivity contribution in [1.29, 1.82) is 0 Å². The molecule has 1 N–H and O–H groups in total. The lowest BCUT2D eigenvalue weighted by Crippen LogP contribution is -2.12. The number of anilines is 1. The fourth-order valence-electron chi connectivity index (χ4n) is 1.84. The summed E-state index contributed by atoms with van der Waals surface area (Å²) in [5.41, 5.74) is -0.449. The van der Waals surface area contributed by atoms with Gasteiger partial charge in [0, 0.05) is 13.0 Å². The molecule has 0 saturated carbocycles. The lowest BCUT2D eigenvalue weighted by Gasteiger charge is -2.07. The van der Waals surface area contributed by atoms with E-state index in [0.29, 0.717) is 16.5 Å². The average Bonchev–Trinajstić information content (AvgIpc) is 3.11. The second-order valence-corrected chi connectivity index (χ2v) is 7.58. The quantitative estimate of drug-likeness (QED) is 0.772. The van der Waals surface area contributed by atoms with Crippen molar-refractivity contribution in [2.45, 2.75) is 11.1 Å². The number of nitrogens with one attached hydrogen (secondary N) is 1. The molecule has 0 saturated heterocycles. The number of rotatable bonds is 4. The lowest BCUT2D eigenvalue weighted by molar-refractivity contribution is 0.535. The second-order valence-electron chi connectivity index (χ2n) is 4.59. The van der Waals surface area contributed by atoms with Crippen LogP contribution < -0.4 is 4.72 Å². The van der Waals surface area contributed by atoms with Gasteiger partial charge in [0.05, 0.1) is 16.8 Å². The van der Waals surface area contributed by atoms with Gasteiger partial charge in [0.1, 0.15) is 15.8 Å². The predicted molar refractivity (Wildman–Crippen MR) is 81.7 cm³/mol. The summed E-state index contributed by atoms with van der Waals surface area (Å²) in [6.45, 7) is 1.67. The van der Waals surface area contributed by atoms with Gasteiger partial charge in [0.15, 0.2) is 11.7 Å². The molecule has 1 aromatic carbocycles. The molecule has 23 heavy (non-hydrogen) atoms. The summed E-state index contributed by atoms with van der Waals surface area (Å²) in [6, 6.07) is 5.45. The third-order valence-electron chi connectivity index (χ3n) is 2.88. The van der Waals surface area contributed by atoms with Gasteiger partial charge in [-0.05, 0) is 24.3 Å². The first-order chi connectivity index (χ1) is 10.8. The number of halogens is 2. The molecule has 0 amide bonds. The number of thiophene rings is 1. The van der Waals surface area contributed by atoms with Crippen LogP contribution in [0.1, 0.15) is 5.89 Å². The molecule has 3 aromatic rings. The maximum Gasteiger partial charge on any atom is 0.271 e. The molecule has 5 nitrogen and oxygen atoms in total. The Morgan fingerprint density at radius 3 is 2.70 bits per heavy atom. The van der Waals surface area contributed by atoms with E-state index in [-0.39, 0.29) is 4.21 Å². The van der Waals surface area contributed by atoms with Gasteiger partial charge >= 0.3 is 0 Å². The van der Waals surface area contributed by atoms with Gasteiger partial charge in [0.2, 0.25) is 0 Å². The Morgan fingerprint density at radius 1 is 1.22 bits per heavy atom. The molecule has 2 heterocycles. The highest BCUT2D eigenvalue weighted by atomic mass is 32.2. The van der Waals surface area contributed by atoms with E-state index in [1.807, 2.05) is 4.72 Å². The van der Waals surface area contributed by atoms with Gasteiger partial charge in [-0.1, -0.05) is 0 Å². The molecule has 0 aliphatic carbocycles. The van der Waals surface area contributed by atoms with Crippen LogP contribution in [0.5, 0.6) is 0 Å². The molecule has 0 radical (unpaired) electrons. The number of oxazole rings is 1. The van der Waals surface area contributed by atoms with Gasteiger partial charge < -0.3 is 4.42 Å². The van der Waals surface area contributed by atoms with Gasteiger partial charge in [0.25, 0.3) is 10.0 Å². The minimum absolute atomic E-state index is 0.0507. The van der Waals surface area contributed by atoms with E-state index in [1.54, 1.807) is 13.0 Å². The smallest absolute Gasteiger partial charge is 0.271 e. The zero-order valence-corrected chi connectivity index (χ0v) is 13.3. The van der Waals surface area contributed by atoms with Crippen molar-refractivity contribution < 1.29 is 21.6 Å². The van der Waals surface area contributed by atoms with Crippen molar-refractivity contribution >= 4 is 27.0 Å². The minimum Gasteiger partial charge on any atom is -0.440 e. The van der Waals surface area contributed by atoms with Crippen LogP contribution in [0.3, 0.4) is 0 Å². The number of aromatic nitrogens is 1. The zero-order valence-electron chi connectivity index (χ0n) is 11.7. The largest absolute Gasteiger partial charge is 0.440 e. The summed E-state index contributed by atoms with van der Waals surface area (Å²) in [7, 11) is -4.03. The van der Waals surface area contributed by atoms with E-state index < -0.39 is 27.3 Å². The van der Waals surface area contributed by atoms with E-state index in [2.05, 4.69) is 4.98 Å². The third-order valence-corrected chi connectivity index (χ3v) is 5.84. The minimum atomic E-state index is -4.03. The van der Waals surface area contributed by atoms with E-state index in [1.165, 1.54) is 12.3 Å². The molecule has 0 aliphatic rings. The monoisotopic (exact) mass is 356 g/mol. The molecule has 3 rings (SSSR count). The highest BCUT2D eigenvalue weighted by Gasteiger charge is 2.20. The second kappa shape index (κ2) is 5.74. The van der Waals surface area contributed by atoms with Crippen LogP contribution in [-0.2, 0) is 10.0 Å². The standard InChI is InChI=1S/C14H10F2N2O3S2/c1-8-17-7-12(21-8)13-4-5-14(22-13)23(19,20)18-11-6-9(15)2-3-10(11)16/h2-7,18H,1H3. The maximum absolute atomic E-state index is 13.6. The maximum atomic E-state index is 13.6. The topological polar surface area (TPSA) is 72.2 Å². The SMILES string of the molecule is Cc1ncc(-c2ccc(S(=O)(=O)Nc3cc(F)ccc3F)s2)o1. The Bertz CT molecular complexity index is 964. The van der Waals surface area contributed by atoms with E-state index in [0.717, 1.165) is 29.5 Å². The third kappa shape index (κ3) is 3.25. The average molecular weight is 356 g/mol. The van der Waals surface area contributed by atoms with Gasteiger partial charge in [-0.25, -0.2) is 22.2 Å².